The molecule has 0 aliphatic heterocycles. The van der Waals surface area contributed by atoms with E-state index in [-0.39, 0.29) is 6.04 Å². The first-order valence-corrected chi connectivity index (χ1v) is 6.23. The summed E-state index contributed by atoms with van der Waals surface area (Å²) in [4.78, 5) is 6.61. The van der Waals surface area contributed by atoms with Gasteiger partial charge in [0.25, 0.3) is 0 Å². The summed E-state index contributed by atoms with van der Waals surface area (Å²) in [5.74, 6) is 0. The Kier molecular flexibility index (Phi) is 5.94. The van der Waals surface area contributed by atoms with E-state index >= 15 is 0 Å². The zero-order valence-corrected chi connectivity index (χ0v) is 11.0. The lowest BCUT2D eigenvalue weighted by molar-refractivity contribution is 0.154. The molecule has 0 bridgehead atoms. The summed E-state index contributed by atoms with van der Waals surface area (Å²) in [5, 5.41) is 0. The fourth-order valence-corrected chi connectivity index (χ4v) is 1.64. The molecule has 1 atom stereocenters. The summed E-state index contributed by atoms with van der Waals surface area (Å²) < 4.78 is 5.37. The van der Waals surface area contributed by atoms with Gasteiger partial charge in [-0.15, -0.1) is 0 Å². The number of rotatable bonds is 7. The fourth-order valence-electron chi connectivity index (χ4n) is 1.64. The van der Waals surface area contributed by atoms with E-state index in [0.29, 0.717) is 0 Å². The summed E-state index contributed by atoms with van der Waals surface area (Å²) in [6, 6.07) is 4.05. The van der Waals surface area contributed by atoms with E-state index < -0.39 is 0 Å². The Balaban J connectivity index is 2.62. The molecular formula is C13H23N3O. The number of ether oxygens (including phenoxy) is 1. The predicted octanol–water partition coefficient (Wildman–Crippen LogP) is 1.96. The lowest BCUT2D eigenvalue weighted by atomic mass is 10.2. The van der Waals surface area contributed by atoms with Crippen LogP contribution in [0.3, 0.4) is 0 Å². The van der Waals surface area contributed by atoms with Crippen molar-refractivity contribution in [3.63, 3.8) is 0 Å². The van der Waals surface area contributed by atoms with Crippen molar-refractivity contribution in [2.75, 3.05) is 31.2 Å². The van der Waals surface area contributed by atoms with Crippen LogP contribution in [-0.2, 0) is 4.74 Å². The molecule has 0 aliphatic carbocycles. The minimum atomic E-state index is -0.0115. The molecule has 0 unspecified atom stereocenters. The van der Waals surface area contributed by atoms with Gasteiger partial charge in [-0.25, -0.2) is 0 Å². The van der Waals surface area contributed by atoms with Crippen LogP contribution in [-0.4, -0.2) is 31.3 Å². The normalized spacial score (nSPS) is 12.5. The summed E-state index contributed by atoms with van der Waals surface area (Å²) >= 11 is 0. The molecule has 4 nitrogen and oxygen atoms in total. The van der Waals surface area contributed by atoms with E-state index in [0.717, 1.165) is 37.7 Å². The average Bonchev–Trinajstić information content (AvgIpc) is 2.35. The van der Waals surface area contributed by atoms with Gasteiger partial charge in [0.2, 0.25) is 0 Å². The predicted molar refractivity (Wildman–Crippen MR) is 71.2 cm³/mol. The Bertz CT molecular complexity index is 311. The Morgan fingerprint density at radius 2 is 2.18 bits per heavy atom. The molecule has 0 spiro atoms. The van der Waals surface area contributed by atoms with E-state index in [2.05, 4.69) is 22.9 Å². The molecule has 2 N–H and O–H groups in total. The standard InChI is InChI=1S/C13H23N3O/c1-4-16(8-9-17-5-2)12-6-7-13(11(3)14)15-10-12/h6-7,10-11H,4-5,8-9,14H2,1-3H3/t11-/m0/s1. The highest BCUT2D eigenvalue weighted by molar-refractivity contribution is 5.44. The third kappa shape index (κ3) is 4.32. The molecule has 96 valence electrons. The second-order valence-electron chi connectivity index (χ2n) is 4.01. The smallest absolute Gasteiger partial charge is 0.0641 e. The highest BCUT2D eigenvalue weighted by Gasteiger charge is 2.06. The van der Waals surface area contributed by atoms with Crippen molar-refractivity contribution in [2.24, 2.45) is 5.73 Å². The maximum atomic E-state index is 5.77. The van der Waals surface area contributed by atoms with Crippen molar-refractivity contribution in [3.05, 3.63) is 24.0 Å². The van der Waals surface area contributed by atoms with Crippen LogP contribution in [0.15, 0.2) is 18.3 Å². The van der Waals surface area contributed by atoms with Gasteiger partial charge in [-0.3, -0.25) is 4.98 Å². The fraction of sp³-hybridized carbons (Fsp3) is 0.615. The van der Waals surface area contributed by atoms with Crippen LogP contribution in [0, 0.1) is 0 Å². The van der Waals surface area contributed by atoms with E-state index in [1.807, 2.05) is 26.1 Å². The molecule has 17 heavy (non-hydrogen) atoms. The highest BCUT2D eigenvalue weighted by Crippen LogP contribution is 2.15. The van der Waals surface area contributed by atoms with Crippen LogP contribution in [0.2, 0.25) is 0 Å². The van der Waals surface area contributed by atoms with Crippen molar-refractivity contribution in [1.82, 2.24) is 4.98 Å². The molecule has 0 fully saturated rings. The Morgan fingerprint density at radius 1 is 1.41 bits per heavy atom. The Morgan fingerprint density at radius 3 is 2.65 bits per heavy atom. The Hall–Kier alpha value is -1.13. The van der Waals surface area contributed by atoms with Gasteiger partial charge in [-0.05, 0) is 32.9 Å². The largest absolute Gasteiger partial charge is 0.380 e. The van der Waals surface area contributed by atoms with E-state index in [9.17, 15) is 0 Å². The van der Waals surface area contributed by atoms with Crippen LogP contribution >= 0.6 is 0 Å². The van der Waals surface area contributed by atoms with Crippen LogP contribution < -0.4 is 10.6 Å². The lowest BCUT2D eigenvalue weighted by Crippen LogP contribution is -2.27. The van der Waals surface area contributed by atoms with Crippen LogP contribution in [0.4, 0.5) is 5.69 Å². The minimum Gasteiger partial charge on any atom is -0.380 e. The maximum Gasteiger partial charge on any atom is 0.0641 e. The topological polar surface area (TPSA) is 51.4 Å². The van der Waals surface area contributed by atoms with Crippen LogP contribution in [0.5, 0.6) is 0 Å². The van der Waals surface area contributed by atoms with Crippen molar-refractivity contribution in [2.45, 2.75) is 26.8 Å². The van der Waals surface area contributed by atoms with Gasteiger partial charge in [0.1, 0.15) is 0 Å². The lowest BCUT2D eigenvalue weighted by Gasteiger charge is -2.22. The number of likely N-dealkylation sites (N-methyl/N-ethyl adjacent to an activating group) is 1. The van der Waals surface area contributed by atoms with Crippen molar-refractivity contribution in [3.8, 4) is 0 Å². The molecule has 0 radical (unpaired) electrons. The third-order valence-electron chi connectivity index (χ3n) is 2.69. The van der Waals surface area contributed by atoms with E-state index in [4.69, 9.17) is 10.5 Å². The second-order valence-corrected chi connectivity index (χ2v) is 4.01. The molecule has 1 aromatic rings. The average molecular weight is 237 g/mol. The summed E-state index contributed by atoms with van der Waals surface area (Å²) in [7, 11) is 0. The monoisotopic (exact) mass is 237 g/mol. The van der Waals surface area contributed by atoms with Gasteiger partial charge in [-0.1, -0.05) is 0 Å². The molecule has 0 saturated carbocycles. The molecule has 1 rings (SSSR count). The first-order chi connectivity index (χ1) is 8.19. The van der Waals surface area contributed by atoms with Crippen LogP contribution in [0.25, 0.3) is 0 Å². The van der Waals surface area contributed by atoms with Crippen molar-refractivity contribution < 1.29 is 4.74 Å². The van der Waals surface area contributed by atoms with Crippen LogP contribution in [0.1, 0.15) is 32.5 Å². The number of hydrogen-bond donors (Lipinski definition) is 1. The van der Waals surface area contributed by atoms with Gasteiger partial charge < -0.3 is 15.4 Å². The third-order valence-corrected chi connectivity index (χ3v) is 2.69. The van der Waals surface area contributed by atoms with Gasteiger partial charge >= 0.3 is 0 Å². The molecule has 1 heterocycles. The molecular weight excluding hydrogens is 214 g/mol. The number of nitrogens with two attached hydrogens (primary N) is 1. The van der Waals surface area contributed by atoms with E-state index in [1.165, 1.54) is 0 Å². The Labute approximate surface area is 104 Å². The quantitative estimate of drug-likeness (QED) is 0.737. The number of anilines is 1. The first-order valence-electron chi connectivity index (χ1n) is 6.23. The van der Waals surface area contributed by atoms with Gasteiger partial charge in [0, 0.05) is 25.7 Å². The minimum absolute atomic E-state index is 0.0115. The molecule has 0 aromatic carbocycles. The SMILES string of the molecule is CCOCCN(CC)c1ccc([C@H](C)N)nc1. The number of hydrogen-bond acceptors (Lipinski definition) is 4. The molecule has 4 heteroatoms. The molecule has 0 aliphatic rings. The summed E-state index contributed by atoms with van der Waals surface area (Å²) in [6.07, 6.45) is 1.88. The highest BCUT2D eigenvalue weighted by atomic mass is 16.5. The van der Waals surface area contributed by atoms with Crippen molar-refractivity contribution in [1.29, 1.82) is 0 Å². The summed E-state index contributed by atoms with van der Waals surface area (Å²) in [5.41, 5.74) is 7.82. The zero-order chi connectivity index (χ0) is 12.7. The summed E-state index contributed by atoms with van der Waals surface area (Å²) in [6.45, 7) is 9.43. The van der Waals surface area contributed by atoms with E-state index in [1.54, 1.807) is 0 Å². The zero-order valence-electron chi connectivity index (χ0n) is 11.0. The number of nitrogens with zero attached hydrogens (tertiary/aromatic N) is 2. The first kappa shape index (κ1) is 13.9. The second kappa shape index (κ2) is 7.25. The van der Waals surface area contributed by atoms with Gasteiger partial charge in [-0.2, -0.15) is 0 Å². The van der Waals surface area contributed by atoms with Gasteiger partial charge in [0.15, 0.2) is 0 Å². The maximum absolute atomic E-state index is 5.77. The number of aromatic nitrogens is 1. The van der Waals surface area contributed by atoms with Crippen molar-refractivity contribution >= 4 is 5.69 Å². The molecule has 0 amide bonds. The van der Waals surface area contributed by atoms with Gasteiger partial charge in [0.05, 0.1) is 24.2 Å². The molecule has 0 saturated heterocycles. The molecule has 1 aromatic heterocycles. The number of pyridine rings is 1.